The van der Waals surface area contributed by atoms with Crippen LogP contribution < -0.4 is 37.6 Å². The topological polar surface area (TPSA) is 520 Å². The van der Waals surface area contributed by atoms with Gasteiger partial charge in [0.25, 0.3) is 0 Å². The minimum atomic E-state index is -1.63. The van der Waals surface area contributed by atoms with Crippen LogP contribution in [0.3, 0.4) is 0 Å². The van der Waals surface area contributed by atoms with Gasteiger partial charge in [0, 0.05) is 52.1 Å². The molecule has 0 aromatic carbocycles. The number of hydrogen-bond acceptors (Lipinski definition) is 28. The molecule has 504 valence electrons. The van der Waals surface area contributed by atoms with Gasteiger partial charge in [-0.1, -0.05) is 6.42 Å². The summed E-state index contributed by atoms with van der Waals surface area (Å²) in [5.41, 5.74) is 6.07. The van der Waals surface area contributed by atoms with E-state index in [1.54, 1.807) is 0 Å². The molecule has 4 heterocycles. The van der Waals surface area contributed by atoms with E-state index in [2.05, 4.69) is 31.9 Å². The van der Waals surface area contributed by atoms with Crippen LogP contribution in [0.4, 0.5) is 0 Å². The van der Waals surface area contributed by atoms with Crippen molar-refractivity contribution < 1.29 is 128 Å². The van der Waals surface area contributed by atoms with E-state index < -0.39 is 178 Å². The second kappa shape index (κ2) is 38.6. The monoisotopic (exact) mass is 1260 g/mol. The molecule has 0 unspecified atom stereocenters. The van der Waals surface area contributed by atoms with Crippen LogP contribution in [0, 0.1) is 0 Å². The SMILES string of the molecule is C[C@@H]1O[C@@H](OCCNC(=O)CCCCCNC(=O)[C@@H](N)CCC(=O)NCCCC[C@@H](C(=O)NCCO[C@@H]2O[C@@H](C)[C@@H](O)[C@@H](O)[C@@H]2O)N(CC(=O)NCCO[C@@H]2O[C@@H](C)[C@@H](O)[C@@H](O)[C@@H]2O)CC(=O)NCCO[C@@H]2O[C@@H](C)[C@@H](O)[C@@H](O)[C@@H]2O)[C@@H](O)[C@H](O)[C@@H]1O. The number of hydrogen-bond donors (Lipinski definition) is 19. The molecule has 20 N–H and O–H groups in total. The van der Waals surface area contributed by atoms with E-state index in [0.29, 0.717) is 19.3 Å². The van der Waals surface area contributed by atoms with Crippen molar-refractivity contribution in [2.24, 2.45) is 5.73 Å². The molecule has 4 aliphatic rings. The van der Waals surface area contributed by atoms with Crippen LogP contribution in [0.15, 0.2) is 0 Å². The van der Waals surface area contributed by atoms with E-state index in [1.165, 1.54) is 32.6 Å². The summed E-state index contributed by atoms with van der Waals surface area (Å²) in [7, 11) is 0. The molecule has 0 aromatic rings. The van der Waals surface area contributed by atoms with Gasteiger partial charge in [0.05, 0.1) is 76.0 Å². The van der Waals surface area contributed by atoms with Crippen LogP contribution in [0.2, 0.25) is 0 Å². The second-order valence-corrected chi connectivity index (χ2v) is 22.1. The lowest BCUT2D eigenvalue weighted by Crippen LogP contribution is -2.58. The van der Waals surface area contributed by atoms with Crippen LogP contribution in [0.5, 0.6) is 0 Å². The molecule has 0 radical (unpaired) electrons. The van der Waals surface area contributed by atoms with E-state index in [0.717, 1.165) is 0 Å². The number of amides is 6. The van der Waals surface area contributed by atoms with Gasteiger partial charge < -0.3 is 137 Å². The zero-order valence-corrected chi connectivity index (χ0v) is 49.7. The van der Waals surface area contributed by atoms with Crippen molar-refractivity contribution in [1.29, 1.82) is 0 Å². The van der Waals surface area contributed by atoms with Crippen molar-refractivity contribution in [3.63, 3.8) is 0 Å². The largest absolute Gasteiger partial charge is 0.388 e. The van der Waals surface area contributed by atoms with Gasteiger partial charge >= 0.3 is 0 Å². The maximum atomic E-state index is 14.1. The lowest BCUT2D eigenvalue weighted by Gasteiger charge is -2.39. The Labute approximate surface area is 504 Å². The zero-order chi connectivity index (χ0) is 64.5. The molecule has 0 aromatic heterocycles. The lowest BCUT2D eigenvalue weighted by molar-refractivity contribution is -0.292. The average molecular weight is 1260 g/mol. The third kappa shape index (κ3) is 24.6. The number of rotatable bonds is 37. The lowest BCUT2D eigenvalue weighted by atomic mass is 10.0. The summed E-state index contributed by atoms with van der Waals surface area (Å²) in [6.45, 7) is 3.90. The second-order valence-electron chi connectivity index (χ2n) is 22.1. The average Bonchev–Trinajstić information content (AvgIpc) is 3.02. The first-order valence-electron chi connectivity index (χ1n) is 29.6. The molecule has 4 fully saturated rings. The predicted octanol–water partition coefficient (Wildman–Crippen LogP) is -9.43. The van der Waals surface area contributed by atoms with Crippen LogP contribution in [0.1, 0.15) is 85.5 Å². The maximum Gasteiger partial charge on any atom is 0.237 e. The molecule has 22 atom stereocenters. The summed E-state index contributed by atoms with van der Waals surface area (Å²) in [6.07, 6.45) is -24.3. The third-order valence-corrected chi connectivity index (χ3v) is 15.1. The summed E-state index contributed by atoms with van der Waals surface area (Å²) >= 11 is 0. The molecule has 6 amide bonds. The van der Waals surface area contributed by atoms with Gasteiger partial charge in [-0.3, -0.25) is 33.7 Å². The number of nitrogens with one attached hydrogen (secondary N) is 6. The van der Waals surface area contributed by atoms with Crippen molar-refractivity contribution in [2.45, 2.75) is 220 Å². The Kier molecular flexibility index (Phi) is 33.4. The van der Waals surface area contributed by atoms with Crippen molar-refractivity contribution in [1.82, 2.24) is 36.8 Å². The highest BCUT2D eigenvalue weighted by Gasteiger charge is 2.46. The van der Waals surface area contributed by atoms with Crippen molar-refractivity contribution in [3.8, 4) is 0 Å². The maximum absolute atomic E-state index is 14.1. The quantitative estimate of drug-likeness (QED) is 0.0257. The molecule has 4 saturated heterocycles. The Bertz CT molecular complexity index is 2030. The molecule has 0 saturated carbocycles. The van der Waals surface area contributed by atoms with E-state index >= 15 is 0 Å². The summed E-state index contributed by atoms with van der Waals surface area (Å²) in [5, 5.41) is 138. The standard InChI is InChI=1S/C53H96N8O26/c1-26-36(66)40(70)44(74)50(84-26)80-20-16-56-32(62)11-6-5-8-15-59-48(78)30(54)12-13-33(63)55-14-9-7-10-31(49(79)60-19-23-83-53-47(77)43(73)39(69)29(4)87-53)61(24-34(64)57-17-21-81-51-45(75)41(71)37(67)27(2)85-51)25-35(65)58-18-22-82-52-46(76)42(72)38(68)28(3)86-52/h26-31,36-47,50-53,66-77H,5-25,54H2,1-4H3,(H,55,63)(H,56,62)(H,57,64)(H,58,65)(H,59,78)(H,60,79)/t26-,27-,28-,29-,30-,31-,36+,37+,38+,39+,40+,41+,42+,43+,44-,45-,46-,47-,50+,51+,52+,53+/m0/s1. The smallest absolute Gasteiger partial charge is 0.237 e. The Morgan fingerprint density at radius 2 is 0.701 bits per heavy atom. The number of aliphatic hydroxyl groups is 12. The van der Waals surface area contributed by atoms with Crippen LogP contribution in [-0.4, -0.2) is 315 Å². The molecule has 87 heavy (non-hydrogen) atoms. The minimum absolute atomic E-state index is 0.00927. The number of nitrogens with zero attached hydrogens (tertiary/aromatic N) is 1. The Morgan fingerprint density at radius 3 is 1.10 bits per heavy atom. The van der Waals surface area contributed by atoms with Crippen LogP contribution in [-0.2, 0) is 66.7 Å². The summed E-state index contributed by atoms with van der Waals surface area (Å²) < 4.78 is 43.7. The number of nitrogens with two attached hydrogens (primary N) is 1. The molecule has 0 spiro atoms. The first-order valence-corrected chi connectivity index (χ1v) is 29.6. The van der Waals surface area contributed by atoms with Gasteiger partial charge in [-0.15, -0.1) is 0 Å². The van der Waals surface area contributed by atoms with Crippen molar-refractivity contribution in [3.05, 3.63) is 0 Å². The summed E-state index contributed by atoms with van der Waals surface area (Å²) in [5.74, 6) is -3.23. The molecule has 0 aliphatic carbocycles. The summed E-state index contributed by atoms with van der Waals surface area (Å²) in [6, 6.07) is -2.24. The highest BCUT2D eigenvalue weighted by atomic mass is 16.7. The normalized spacial score (nSPS) is 33.4. The first kappa shape index (κ1) is 75.4. The van der Waals surface area contributed by atoms with Crippen molar-refractivity contribution in [2.75, 3.05) is 78.8 Å². The van der Waals surface area contributed by atoms with Gasteiger partial charge in [-0.2, -0.15) is 0 Å². The predicted molar refractivity (Wildman–Crippen MR) is 296 cm³/mol. The molecular formula is C53H96N8O26. The molecule has 4 aliphatic heterocycles. The van der Waals surface area contributed by atoms with Gasteiger partial charge in [-0.25, -0.2) is 0 Å². The molecular weight excluding hydrogens is 1160 g/mol. The number of unbranched alkanes of at least 4 members (excludes halogenated alkanes) is 3. The fourth-order valence-corrected chi connectivity index (χ4v) is 9.62. The fraction of sp³-hybridized carbons (Fsp3) is 0.887. The molecule has 0 bridgehead atoms. The number of ether oxygens (including phenoxy) is 8. The highest BCUT2D eigenvalue weighted by Crippen LogP contribution is 2.25. The van der Waals surface area contributed by atoms with Crippen LogP contribution >= 0.6 is 0 Å². The summed E-state index contributed by atoms with van der Waals surface area (Å²) in [4.78, 5) is 80.4. The Balaban J connectivity index is 1.27. The van der Waals surface area contributed by atoms with E-state index in [9.17, 15) is 90.0 Å². The Hall–Kier alpha value is -4.06. The van der Waals surface area contributed by atoms with E-state index in [1.807, 2.05) is 0 Å². The van der Waals surface area contributed by atoms with E-state index in [4.69, 9.17) is 43.6 Å². The van der Waals surface area contributed by atoms with Gasteiger partial charge in [0.2, 0.25) is 35.4 Å². The van der Waals surface area contributed by atoms with Crippen molar-refractivity contribution >= 4 is 35.4 Å². The van der Waals surface area contributed by atoms with E-state index in [-0.39, 0.29) is 110 Å². The highest BCUT2D eigenvalue weighted by molar-refractivity contribution is 5.86. The van der Waals surface area contributed by atoms with Crippen LogP contribution in [0.25, 0.3) is 0 Å². The molecule has 34 heteroatoms. The first-order chi connectivity index (χ1) is 41.2. The van der Waals surface area contributed by atoms with Gasteiger partial charge in [-0.05, 0) is 66.2 Å². The van der Waals surface area contributed by atoms with Gasteiger partial charge in [0.15, 0.2) is 25.2 Å². The zero-order valence-electron chi connectivity index (χ0n) is 49.7. The number of carbonyl (C=O) groups is 6. The minimum Gasteiger partial charge on any atom is -0.388 e. The Morgan fingerprint density at radius 1 is 0.379 bits per heavy atom. The number of carbonyl (C=O) groups excluding carboxylic acids is 6. The number of aliphatic hydroxyl groups excluding tert-OH is 12. The fourth-order valence-electron chi connectivity index (χ4n) is 9.62. The molecule has 34 nitrogen and oxygen atoms in total. The van der Waals surface area contributed by atoms with Gasteiger partial charge in [0.1, 0.15) is 73.2 Å². The third-order valence-electron chi connectivity index (χ3n) is 15.1. The molecule has 4 rings (SSSR count).